The van der Waals surface area contributed by atoms with Gasteiger partial charge in [-0.3, -0.25) is 4.90 Å². The molecule has 4 nitrogen and oxygen atoms in total. The molecule has 0 aliphatic carbocycles. The van der Waals surface area contributed by atoms with Crippen molar-refractivity contribution in [1.29, 1.82) is 0 Å². The van der Waals surface area contributed by atoms with Crippen molar-refractivity contribution in [2.75, 3.05) is 25.0 Å². The summed E-state index contributed by atoms with van der Waals surface area (Å²) in [5.74, 6) is 0.679. The minimum absolute atomic E-state index is 0.0137. The first-order valence-electron chi connectivity index (χ1n) is 7.08. The first-order valence-corrected chi connectivity index (χ1v) is 7.08. The molecule has 0 unspecified atom stereocenters. The van der Waals surface area contributed by atoms with E-state index in [1.54, 1.807) is 0 Å². The van der Waals surface area contributed by atoms with E-state index < -0.39 is 12.7 Å². The van der Waals surface area contributed by atoms with Crippen LogP contribution >= 0.6 is 0 Å². The van der Waals surface area contributed by atoms with Gasteiger partial charge in [0.25, 0.3) is 0 Å². The maximum Gasteiger partial charge on any atom is 0.401 e. The number of likely N-dealkylation sites (tertiary alicyclic amines) is 1. The SMILES string of the molecule is CCC(C)(C)c1cc(NC2CN(CC(F)(F)F)C2)ncn1. The van der Waals surface area contributed by atoms with E-state index in [0.29, 0.717) is 18.9 Å². The summed E-state index contributed by atoms with van der Waals surface area (Å²) >= 11 is 0. The topological polar surface area (TPSA) is 41.0 Å². The highest BCUT2D eigenvalue weighted by Crippen LogP contribution is 2.26. The van der Waals surface area contributed by atoms with Crippen molar-refractivity contribution >= 4 is 5.82 Å². The molecule has 0 bridgehead atoms. The van der Waals surface area contributed by atoms with Gasteiger partial charge in [0.05, 0.1) is 18.3 Å². The van der Waals surface area contributed by atoms with Gasteiger partial charge < -0.3 is 5.32 Å². The quantitative estimate of drug-likeness (QED) is 0.908. The van der Waals surface area contributed by atoms with Crippen molar-refractivity contribution in [2.45, 2.75) is 44.8 Å². The Morgan fingerprint density at radius 2 is 1.95 bits per heavy atom. The summed E-state index contributed by atoms with van der Waals surface area (Å²) < 4.78 is 36.7. The molecule has 1 aliphatic rings. The van der Waals surface area contributed by atoms with Gasteiger partial charge >= 0.3 is 6.18 Å². The average Bonchev–Trinajstić information content (AvgIpc) is 2.35. The largest absolute Gasteiger partial charge is 0.401 e. The van der Waals surface area contributed by atoms with Crippen molar-refractivity contribution in [3.8, 4) is 0 Å². The lowest BCUT2D eigenvalue weighted by Gasteiger charge is -2.40. The van der Waals surface area contributed by atoms with E-state index in [1.807, 2.05) is 6.07 Å². The van der Waals surface area contributed by atoms with Crippen LogP contribution in [0.15, 0.2) is 12.4 Å². The smallest absolute Gasteiger partial charge is 0.365 e. The summed E-state index contributed by atoms with van der Waals surface area (Å²) in [6.07, 6.45) is -1.67. The highest BCUT2D eigenvalue weighted by atomic mass is 19.4. The van der Waals surface area contributed by atoms with Crippen LogP contribution in [0.1, 0.15) is 32.9 Å². The summed E-state index contributed by atoms with van der Waals surface area (Å²) in [5, 5.41) is 3.17. The molecule has 1 fully saturated rings. The normalized spacial score (nSPS) is 17.6. The van der Waals surface area contributed by atoms with Crippen LogP contribution in [0.5, 0.6) is 0 Å². The number of hydrogen-bond acceptors (Lipinski definition) is 4. The molecule has 2 heterocycles. The van der Waals surface area contributed by atoms with E-state index >= 15 is 0 Å². The first kappa shape index (κ1) is 16.0. The summed E-state index contributed by atoms with van der Waals surface area (Å²) in [7, 11) is 0. The Balaban J connectivity index is 1.90. The second-order valence-corrected chi connectivity index (χ2v) is 6.18. The number of anilines is 1. The van der Waals surface area contributed by atoms with Crippen LogP contribution < -0.4 is 5.32 Å². The van der Waals surface area contributed by atoms with E-state index in [-0.39, 0.29) is 11.5 Å². The molecule has 1 N–H and O–H groups in total. The third kappa shape index (κ3) is 4.30. The molecule has 0 saturated carbocycles. The summed E-state index contributed by atoms with van der Waals surface area (Å²) in [6, 6.07) is 1.90. The zero-order valence-corrected chi connectivity index (χ0v) is 12.5. The molecule has 2 rings (SSSR count). The molecule has 0 aromatic carbocycles. The minimum Gasteiger partial charge on any atom is -0.365 e. The molecule has 21 heavy (non-hydrogen) atoms. The van der Waals surface area contributed by atoms with Crippen LogP contribution in [0.25, 0.3) is 0 Å². The first-order chi connectivity index (χ1) is 9.69. The molecule has 0 amide bonds. The van der Waals surface area contributed by atoms with Gasteiger partial charge in [0.1, 0.15) is 12.1 Å². The minimum atomic E-state index is -4.13. The molecular formula is C14H21F3N4. The molecule has 0 radical (unpaired) electrons. The van der Waals surface area contributed by atoms with Crippen LogP contribution in [0.2, 0.25) is 0 Å². The lowest BCUT2D eigenvalue weighted by molar-refractivity contribution is -0.153. The van der Waals surface area contributed by atoms with Crippen LogP contribution in [-0.2, 0) is 5.41 Å². The standard InChI is InChI=1S/C14H21F3N4/c1-4-13(2,3)11-5-12(19-9-18-11)20-10-6-21(7-10)8-14(15,16)17/h5,9-10H,4,6-8H2,1-3H3,(H,18,19,20). The van der Waals surface area contributed by atoms with Crippen molar-refractivity contribution in [1.82, 2.24) is 14.9 Å². The molecule has 1 aromatic heterocycles. The van der Waals surface area contributed by atoms with E-state index in [2.05, 4.69) is 36.1 Å². The van der Waals surface area contributed by atoms with E-state index in [4.69, 9.17) is 0 Å². The maximum atomic E-state index is 12.2. The Labute approximate surface area is 122 Å². The number of nitrogens with zero attached hydrogens (tertiary/aromatic N) is 3. The van der Waals surface area contributed by atoms with E-state index in [0.717, 1.165) is 12.1 Å². The zero-order chi connectivity index (χ0) is 15.7. The fourth-order valence-corrected chi connectivity index (χ4v) is 2.24. The number of rotatable bonds is 5. The second-order valence-electron chi connectivity index (χ2n) is 6.18. The fourth-order valence-electron chi connectivity index (χ4n) is 2.24. The van der Waals surface area contributed by atoms with Crippen LogP contribution in [0, 0.1) is 0 Å². The van der Waals surface area contributed by atoms with Crippen molar-refractivity contribution in [3.63, 3.8) is 0 Å². The lowest BCUT2D eigenvalue weighted by atomic mass is 9.86. The summed E-state index contributed by atoms with van der Waals surface area (Å²) in [5.41, 5.74) is 0.898. The van der Waals surface area contributed by atoms with Crippen molar-refractivity contribution < 1.29 is 13.2 Å². The van der Waals surface area contributed by atoms with Gasteiger partial charge in [0.2, 0.25) is 0 Å². The monoisotopic (exact) mass is 302 g/mol. The van der Waals surface area contributed by atoms with Gasteiger partial charge in [-0.1, -0.05) is 20.8 Å². The van der Waals surface area contributed by atoms with Crippen molar-refractivity contribution in [2.24, 2.45) is 0 Å². The number of nitrogens with one attached hydrogen (secondary N) is 1. The van der Waals surface area contributed by atoms with Gasteiger partial charge in [-0.2, -0.15) is 13.2 Å². The molecule has 0 spiro atoms. The molecule has 118 valence electrons. The number of aromatic nitrogens is 2. The Kier molecular flexibility index (Phi) is 4.41. The second kappa shape index (κ2) is 5.79. The van der Waals surface area contributed by atoms with Crippen molar-refractivity contribution in [3.05, 3.63) is 18.1 Å². The average molecular weight is 302 g/mol. The molecule has 7 heteroatoms. The Morgan fingerprint density at radius 1 is 1.29 bits per heavy atom. The van der Waals surface area contributed by atoms with Gasteiger partial charge in [0.15, 0.2) is 0 Å². The lowest BCUT2D eigenvalue weighted by Crippen LogP contribution is -2.57. The summed E-state index contributed by atoms with van der Waals surface area (Å²) in [6.45, 7) is 6.23. The Morgan fingerprint density at radius 3 is 2.52 bits per heavy atom. The van der Waals surface area contributed by atoms with Crippen LogP contribution in [0.4, 0.5) is 19.0 Å². The van der Waals surface area contributed by atoms with Crippen LogP contribution in [0.3, 0.4) is 0 Å². The Bertz CT molecular complexity index is 481. The van der Waals surface area contributed by atoms with Gasteiger partial charge in [-0.15, -0.1) is 0 Å². The number of halogens is 3. The summed E-state index contributed by atoms with van der Waals surface area (Å²) in [4.78, 5) is 9.80. The predicted octanol–water partition coefficient (Wildman–Crippen LogP) is 2.82. The Hall–Kier alpha value is -1.37. The maximum absolute atomic E-state index is 12.2. The number of alkyl halides is 3. The van der Waals surface area contributed by atoms with Gasteiger partial charge in [0, 0.05) is 24.6 Å². The fraction of sp³-hybridized carbons (Fsp3) is 0.714. The third-order valence-corrected chi connectivity index (χ3v) is 3.96. The highest BCUT2D eigenvalue weighted by Gasteiger charge is 2.37. The highest BCUT2D eigenvalue weighted by molar-refractivity contribution is 5.38. The van der Waals surface area contributed by atoms with Gasteiger partial charge in [-0.05, 0) is 6.42 Å². The third-order valence-electron chi connectivity index (χ3n) is 3.96. The molecular weight excluding hydrogens is 281 g/mol. The van der Waals surface area contributed by atoms with Crippen LogP contribution in [-0.4, -0.2) is 46.7 Å². The molecule has 0 atom stereocenters. The van der Waals surface area contributed by atoms with E-state index in [1.165, 1.54) is 11.2 Å². The van der Waals surface area contributed by atoms with E-state index in [9.17, 15) is 13.2 Å². The molecule has 1 aromatic rings. The number of hydrogen-bond donors (Lipinski definition) is 1. The zero-order valence-electron chi connectivity index (χ0n) is 12.5. The molecule has 1 saturated heterocycles. The molecule has 1 aliphatic heterocycles. The van der Waals surface area contributed by atoms with Gasteiger partial charge in [-0.25, -0.2) is 9.97 Å². The predicted molar refractivity (Wildman–Crippen MR) is 75.3 cm³/mol.